The van der Waals surface area contributed by atoms with Gasteiger partial charge < -0.3 is 19.8 Å². The molecule has 2 aromatic rings. The number of carbonyl (C=O) groups excluding carboxylic acids is 1. The van der Waals surface area contributed by atoms with Crippen molar-refractivity contribution in [3.63, 3.8) is 0 Å². The van der Waals surface area contributed by atoms with Crippen LogP contribution in [0.1, 0.15) is 50.3 Å². The number of esters is 1. The second-order valence-electron chi connectivity index (χ2n) is 6.87. The van der Waals surface area contributed by atoms with E-state index in [4.69, 9.17) is 4.42 Å². The Kier molecular flexibility index (Phi) is 9.75. The molecule has 0 spiro atoms. The Labute approximate surface area is 173 Å². The van der Waals surface area contributed by atoms with Crippen LogP contribution >= 0.6 is 0 Å². The van der Waals surface area contributed by atoms with Gasteiger partial charge in [0.15, 0.2) is 5.96 Å². The number of nitrogens with zero attached hydrogens (tertiary/aromatic N) is 2. The lowest BCUT2D eigenvalue weighted by atomic mass is 10.1. The largest absolute Gasteiger partial charge is 0.469 e. The number of aliphatic imine (C=N–C) groups is 1. The minimum absolute atomic E-state index is 0.136. The summed E-state index contributed by atoms with van der Waals surface area (Å²) in [5.74, 6) is 1.24. The third-order valence-electron chi connectivity index (χ3n) is 4.42. The van der Waals surface area contributed by atoms with Crippen LogP contribution in [0.3, 0.4) is 0 Å². The number of nitrogens with one attached hydrogen (secondary N) is 2. The highest BCUT2D eigenvalue weighted by Gasteiger charge is 2.07. The van der Waals surface area contributed by atoms with Gasteiger partial charge in [-0.05, 0) is 38.8 Å². The standard InChI is InChI=1S/C22H32N4O3/c1-4-23-22(24-14-8-6-5-7-9-20(27)28-3)25-15-19-16-29-21(26-19)18-12-10-17(2)11-13-18/h10-13,16H,4-9,14-15H2,1-3H3,(H2,23,24,25). The van der Waals surface area contributed by atoms with Crippen molar-refractivity contribution in [2.24, 2.45) is 4.99 Å². The van der Waals surface area contributed by atoms with Gasteiger partial charge in [-0.25, -0.2) is 9.98 Å². The molecule has 1 aromatic carbocycles. The van der Waals surface area contributed by atoms with Crippen molar-refractivity contribution in [1.29, 1.82) is 0 Å². The molecular formula is C22H32N4O3. The van der Waals surface area contributed by atoms with Crippen LogP contribution in [0, 0.1) is 6.92 Å². The molecule has 29 heavy (non-hydrogen) atoms. The van der Waals surface area contributed by atoms with Gasteiger partial charge in [0.2, 0.25) is 5.89 Å². The zero-order valence-electron chi connectivity index (χ0n) is 17.7. The Morgan fingerprint density at radius 3 is 2.62 bits per heavy atom. The smallest absolute Gasteiger partial charge is 0.305 e. The zero-order chi connectivity index (χ0) is 20.9. The minimum atomic E-state index is -0.136. The van der Waals surface area contributed by atoms with Crippen molar-refractivity contribution >= 4 is 11.9 Å². The molecule has 0 unspecified atom stereocenters. The van der Waals surface area contributed by atoms with E-state index in [0.717, 1.165) is 56.0 Å². The monoisotopic (exact) mass is 400 g/mol. The molecule has 7 heteroatoms. The molecule has 0 aliphatic carbocycles. The number of aryl methyl sites for hydroxylation is 1. The van der Waals surface area contributed by atoms with E-state index in [1.165, 1.54) is 12.7 Å². The lowest BCUT2D eigenvalue weighted by Gasteiger charge is -2.10. The van der Waals surface area contributed by atoms with E-state index in [0.29, 0.717) is 18.9 Å². The molecule has 2 rings (SSSR count). The molecule has 0 bridgehead atoms. The molecule has 0 aliphatic rings. The predicted octanol–water partition coefficient (Wildman–Crippen LogP) is 3.83. The van der Waals surface area contributed by atoms with Gasteiger partial charge in [0, 0.05) is 25.1 Å². The van der Waals surface area contributed by atoms with Crippen molar-refractivity contribution in [3.05, 3.63) is 41.8 Å². The summed E-state index contributed by atoms with van der Waals surface area (Å²) in [5, 5.41) is 6.58. The first-order chi connectivity index (χ1) is 14.1. The van der Waals surface area contributed by atoms with Crippen molar-refractivity contribution in [3.8, 4) is 11.5 Å². The lowest BCUT2D eigenvalue weighted by Crippen LogP contribution is -2.37. The Morgan fingerprint density at radius 2 is 1.90 bits per heavy atom. The fraction of sp³-hybridized carbons (Fsp3) is 0.500. The number of hydrogen-bond donors (Lipinski definition) is 2. The fourth-order valence-corrected chi connectivity index (χ4v) is 2.77. The van der Waals surface area contributed by atoms with Gasteiger partial charge in [-0.1, -0.05) is 30.5 Å². The molecule has 158 valence electrons. The fourth-order valence-electron chi connectivity index (χ4n) is 2.77. The maximum Gasteiger partial charge on any atom is 0.305 e. The minimum Gasteiger partial charge on any atom is -0.469 e. The summed E-state index contributed by atoms with van der Waals surface area (Å²) in [4.78, 5) is 20.2. The van der Waals surface area contributed by atoms with Crippen LogP contribution in [-0.4, -0.2) is 37.1 Å². The molecule has 1 aromatic heterocycles. The van der Waals surface area contributed by atoms with Crippen molar-refractivity contribution in [2.45, 2.75) is 52.5 Å². The van der Waals surface area contributed by atoms with Crippen LogP contribution in [0.2, 0.25) is 0 Å². The highest BCUT2D eigenvalue weighted by molar-refractivity contribution is 5.79. The Balaban J connectivity index is 1.75. The molecule has 1 heterocycles. The van der Waals surface area contributed by atoms with Crippen LogP contribution in [0.4, 0.5) is 0 Å². The molecule has 0 amide bonds. The van der Waals surface area contributed by atoms with Crippen LogP contribution in [0.25, 0.3) is 11.5 Å². The molecule has 0 fully saturated rings. The van der Waals surface area contributed by atoms with Crippen molar-refractivity contribution < 1.29 is 13.9 Å². The molecule has 2 N–H and O–H groups in total. The SMILES string of the molecule is CCNC(=NCc1coc(-c2ccc(C)cc2)n1)NCCCCCCC(=O)OC. The summed E-state index contributed by atoms with van der Waals surface area (Å²) >= 11 is 0. The number of guanidine groups is 1. The van der Waals surface area contributed by atoms with Crippen molar-refractivity contribution in [1.82, 2.24) is 15.6 Å². The number of carbonyl (C=O) groups is 1. The van der Waals surface area contributed by atoms with Gasteiger partial charge >= 0.3 is 5.97 Å². The Hall–Kier alpha value is -2.83. The van der Waals surface area contributed by atoms with Crippen LogP contribution < -0.4 is 10.6 Å². The third kappa shape index (κ3) is 8.37. The topological polar surface area (TPSA) is 88.8 Å². The first kappa shape index (κ1) is 22.5. The average molecular weight is 401 g/mol. The van der Waals surface area contributed by atoms with E-state index >= 15 is 0 Å². The van der Waals surface area contributed by atoms with Gasteiger partial charge in [-0.3, -0.25) is 4.79 Å². The molecule has 0 saturated heterocycles. The summed E-state index contributed by atoms with van der Waals surface area (Å²) in [6.07, 6.45) is 6.13. The van der Waals surface area contributed by atoms with Gasteiger partial charge in [-0.15, -0.1) is 0 Å². The number of rotatable bonds is 11. The molecule has 0 saturated carbocycles. The summed E-state index contributed by atoms with van der Waals surface area (Å²) in [6.45, 7) is 6.16. The average Bonchev–Trinajstić information content (AvgIpc) is 3.20. The number of oxazole rings is 1. The Morgan fingerprint density at radius 1 is 1.14 bits per heavy atom. The van der Waals surface area contributed by atoms with Crippen LogP contribution in [0.15, 0.2) is 39.9 Å². The van der Waals surface area contributed by atoms with E-state index in [2.05, 4.69) is 32.3 Å². The van der Waals surface area contributed by atoms with Crippen molar-refractivity contribution in [2.75, 3.05) is 20.2 Å². The number of ether oxygens (including phenoxy) is 1. The first-order valence-electron chi connectivity index (χ1n) is 10.2. The van der Waals surface area contributed by atoms with E-state index in [1.54, 1.807) is 6.26 Å². The highest BCUT2D eigenvalue weighted by atomic mass is 16.5. The quantitative estimate of drug-likeness (QED) is 0.258. The predicted molar refractivity (Wildman–Crippen MR) is 115 cm³/mol. The molecule has 0 atom stereocenters. The highest BCUT2D eigenvalue weighted by Crippen LogP contribution is 2.19. The molecule has 0 radical (unpaired) electrons. The first-order valence-corrected chi connectivity index (χ1v) is 10.2. The zero-order valence-corrected chi connectivity index (χ0v) is 17.7. The summed E-state index contributed by atoms with van der Waals surface area (Å²) in [5.41, 5.74) is 2.96. The number of hydrogen-bond acceptors (Lipinski definition) is 5. The molecular weight excluding hydrogens is 368 g/mol. The molecule has 0 aliphatic heterocycles. The number of unbranched alkanes of at least 4 members (excludes halogenated alkanes) is 3. The maximum atomic E-state index is 11.1. The van der Waals surface area contributed by atoms with Gasteiger partial charge in [0.05, 0.1) is 13.7 Å². The summed E-state index contributed by atoms with van der Waals surface area (Å²) < 4.78 is 10.2. The lowest BCUT2D eigenvalue weighted by molar-refractivity contribution is -0.140. The van der Waals surface area contributed by atoms with Crippen LogP contribution in [0.5, 0.6) is 0 Å². The summed E-state index contributed by atoms with van der Waals surface area (Å²) in [7, 11) is 1.43. The Bertz CT molecular complexity index is 769. The van der Waals surface area contributed by atoms with Gasteiger partial charge in [-0.2, -0.15) is 0 Å². The van der Waals surface area contributed by atoms with Gasteiger partial charge in [0.1, 0.15) is 12.0 Å². The number of methoxy groups -OCH3 is 1. The number of benzene rings is 1. The second kappa shape index (κ2) is 12.6. The van der Waals surface area contributed by atoms with E-state index in [-0.39, 0.29) is 5.97 Å². The number of aromatic nitrogens is 1. The second-order valence-corrected chi connectivity index (χ2v) is 6.87. The summed E-state index contributed by atoms with van der Waals surface area (Å²) in [6, 6.07) is 8.09. The normalized spacial score (nSPS) is 11.3. The van der Waals surface area contributed by atoms with E-state index < -0.39 is 0 Å². The van der Waals surface area contributed by atoms with Gasteiger partial charge in [0.25, 0.3) is 0 Å². The third-order valence-corrected chi connectivity index (χ3v) is 4.42. The van der Waals surface area contributed by atoms with E-state index in [1.807, 2.05) is 31.2 Å². The van der Waals surface area contributed by atoms with E-state index in [9.17, 15) is 4.79 Å². The molecule has 7 nitrogen and oxygen atoms in total. The maximum absolute atomic E-state index is 11.1. The van der Waals surface area contributed by atoms with Crippen LogP contribution in [-0.2, 0) is 16.1 Å².